The van der Waals surface area contributed by atoms with Crippen molar-refractivity contribution >= 4 is 68.5 Å². The molecule has 0 aliphatic heterocycles. The lowest BCUT2D eigenvalue weighted by molar-refractivity contribution is -0.136. The minimum Gasteiger partial charge on any atom is -0.459 e. The van der Waals surface area contributed by atoms with Crippen LogP contribution in [-0.2, 0) is 32.7 Å². The molecule has 0 saturated carbocycles. The molecule has 1 aromatic heterocycles. The Kier molecular flexibility index (Phi) is 11.0. The van der Waals surface area contributed by atoms with E-state index < -0.39 is 21.8 Å². The van der Waals surface area contributed by atoms with Crippen molar-refractivity contribution in [3.63, 3.8) is 0 Å². The van der Waals surface area contributed by atoms with Crippen molar-refractivity contribution in [3.8, 4) is 11.5 Å². The molecule has 4 aromatic carbocycles. The number of carbonyl (C=O) groups is 2. The molecular formula is C33H25Cl3N4O6S. The number of furan rings is 1. The van der Waals surface area contributed by atoms with Crippen LogP contribution in [0.1, 0.15) is 17.1 Å². The lowest BCUT2D eigenvalue weighted by Crippen LogP contribution is -2.32. The Bertz CT molecular complexity index is 2000. The number of benzene rings is 4. The summed E-state index contributed by atoms with van der Waals surface area (Å²) in [5.74, 6) is -0.250. The monoisotopic (exact) mass is 710 g/mol. The number of hydrogen-bond donors (Lipinski definition) is 2. The van der Waals surface area contributed by atoms with Gasteiger partial charge in [-0.3, -0.25) is 9.59 Å². The van der Waals surface area contributed by atoms with Crippen molar-refractivity contribution in [1.29, 1.82) is 0 Å². The number of nitrogens with zero attached hydrogens (tertiary/aromatic N) is 2. The van der Waals surface area contributed by atoms with Crippen molar-refractivity contribution in [2.75, 3.05) is 5.32 Å². The lowest BCUT2D eigenvalue weighted by atomic mass is 10.2. The third-order valence-corrected chi connectivity index (χ3v) is 9.26. The maximum Gasteiger partial charge on any atom is 0.329 e. The van der Waals surface area contributed by atoms with Crippen LogP contribution in [0.3, 0.4) is 0 Å². The highest BCUT2D eigenvalue weighted by Gasteiger charge is 2.26. The van der Waals surface area contributed by atoms with Crippen molar-refractivity contribution in [2.24, 2.45) is 5.10 Å². The summed E-state index contributed by atoms with van der Waals surface area (Å²) < 4.78 is 39.9. The second-order valence-corrected chi connectivity index (χ2v) is 13.1. The second kappa shape index (κ2) is 15.3. The van der Waals surface area contributed by atoms with Crippen LogP contribution in [0.15, 0.2) is 124 Å². The van der Waals surface area contributed by atoms with Crippen LogP contribution in [0, 0.1) is 0 Å². The van der Waals surface area contributed by atoms with Gasteiger partial charge in [0.2, 0.25) is 10.0 Å². The highest BCUT2D eigenvalue weighted by atomic mass is 35.5. The van der Waals surface area contributed by atoms with Gasteiger partial charge in [0, 0.05) is 17.3 Å². The van der Waals surface area contributed by atoms with E-state index in [2.05, 4.69) is 15.8 Å². The average molecular weight is 712 g/mol. The summed E-state index contributed by atoms with van der Waals surface area (Å²) in [5, 5.41) is 7.27. The highest BCUT2D eigenvalue weighted by molar-refractivity contribution is 7.89. The van der Waals surface area contributed by atoms with Crippen molar-refractivity contribution in [3.05, 3.63) is 141 Å². The Morgan fingerprint density at radius 2 is 1.49 bits per heavy atom. The van der Waals surface area contributed by atoms with E-state index >= 15 is 0 Å². The molecule has 47 heavy (non-hydrogen) atoms. The molecule has 14 heteroatoms. The number of amides is 2. The van der Waals surface area contributed by atoms with Gasteiger partial charge in [0.1, 0.15) is 23.0 Å². The molecule has 240 valence electrons. The van der Waals surface area contributed by atoms with Gasteiger partial charge in [0.15, 0.2) is 0 Å². The number of anilines is 1. The average Bonchev–Trinajstić information content (AvgIpc) is 3.51. The van der Waals surface area contributed by atoms with E-state index in [4.69, 9.17) is 44.0 Å². The zero-order valence-corrected chi connectivity index (χ0v) is 27.4. The topological polar surface area (TPSA) is 130 Å². The van der Waals surface area contributed by atoms with Crippen LogP contribution in [0.5, 0.6) is 11.5 Å². The molecule has 0 spiro atoms. The summed E-state index contributed by atoms with van der Waals surface area (Å²) in [6, 6.07) is 29.4. The van der Waals surface area contributed by atoms with Gasteiger partial charge >= 0.3 is 11.8 Å². The molecule has 0 radical (unpaired) electrons. The molecular weight excluding hydrogens is 687 g/mol. The number of nitrogens with one attached hydrogen (secondary N) is 2. The van der Waals surface area contributed by atoms with Crippen LogP contribution < -0.4 is 15.5 Å². The number of hydrogen-bond acceptors (Lipinski definition) is 7. The summed E-state index contributed by atoms with van der Waals surface area (Å²) in [4.78, 5) is 24.7. The molecule has 5 rings (SSSR count). The summed E-state index contributed by atoms with van der Waals surface area (Å²) in [7, 11) is -4.01. The first-order valence-corrected chi connectivity index (χ1v) is 16.4. The molecule has 0 aliphatic carbocycles. The molecule has 2 amide bonds. The van der Waals surface area contributed by atoms with E-state index in [1.54, 1.807) is 48.5 Å². The Morgan fingerprint density at radius 3 is 2.19 bits per heavy atom. The molecule has 0 fully saturated rings. The zero-order chi connectivity index (χ0) is 33.4. The fourth-order valence-electron chi connectivity index (χ4n) is 4.17. The number of para-hydroxylation sites is 1. The van der Waals surface area contributed by atoms with E-state index in [-0.39, 0.29) is 34.5 Å². The second-order valence-electron chi connectivity index (χ2n) is 9.87. The van der Waals surface area contributed by atoms with Crippen LogP contribution in [0.25, 0.3) is 0 Å². The number of hydrazone groups is 1. The van der Waals surface area contributed by atoms with E-state index in [1.807, 2.05) is 30.3 Å². The zero-order valence-electron chi connectivity index (χ0n) is 24.3. The molecule has 2 N–H and O–H groups in total. The van der Waals surface area contributed by atoms with Gasteiger partial charge in [-0.1, -0.05) is 59.1 Å². The maximum atomic E-state index is 13.6. The molecule has 0 unspecified atom stereocenters. The molecule has 0 bridgehead atoms. The van der Waals surface area contributed by atoms with Crippen LogP contribution >= 0.6 is 34.8 Å². The fourth-order valence-corrected chi connectivity index (χ4v) is 6.01. The van der Waals surface area contributed by atoms with Crippen LogP contribution in [0.4, 0.5) is 5.69 Å². The van der Waals surface area contributed by atoms with Crippen molar-refractivity contribution < 1.29 is 27.2 Å². The minimum absolute atomic E-state index is 0.0350. The summed E-state index contributed by atoms with van der Waals surface area (Å²) in [6.45, 7) is -0.192. The van der Waals surface area contributed by atoms with E-state index in [0.29, 0.717) is 32.8 Å². The molecule has 0 saturated heterocycles. The quantitative estimate of drug-likeness (QED) is 0.0829. The lowest BCUT2D eigenvalue weighted by Gasteiger charge is -2.22. The largest absolute Gasteiger partial charge is 0.459 e. The molecule has 5 aromatic rings. The molecule has 1 heterocycles. The van der Waals surface area contributed by atoms with Gasteiger partial charge in [0.05, 0.1) is 27.7 Å². The minimum atomic E-state index is -4.01. The Morgan fingerprint density at radius 1 is 0.787 bits per heavy atom. The third kappa shape index (κ3) is 9.22. The third-order valence-electron chi connectivity index (χ3n) is 6.46. The normalized spacial score (nSPS) is 11.5. The van der Waals surface area contributed by atoms with E-state index in [1.165, 1.54) is 40.9 Å². The number of ether oxygens (including phenoxy) is 1. The predicted molar refractivity (Wildman–Crippen MR) is 180 cm³/mol. The smallest absolute Gasteiger partial charge is 0.329 e. The van der Waals surface area contributed by atoms with Gasteiger partial charge in [-0.15, -0.1) is 0 Å². The SMILES string of the molecule is O=C(N/N=C/c1ccc(CN(Cc2ccc(Cl)c(Cl)c2)S(=O)(=O)c2ccc(Cl)cc2)o1)C(=O)Nc1ccc(Oc2ccccc2)cc1. The summed E-state index contributed by atoms with van der Waals surface area (Å²) in [6.07, 6.45) is 1.18. The standard InChI is InChI=1S/C33H25Cl3N4O6S/c34-23-7-15-29(16-8-23)47(43,44)40(20-22-6-17-30(35)31(36)18-22)21-28-14-13-27(46-28)19-37-39-33(42)32(41)38-24-9-11-26(12-10-24)45-25-4-2-1-3-5-25/h1-19H,20-21H2,(H,38,41)(H,39,42)/b37-19+. The first kappa shape index (κ1) is 33.7. The fraction of sp³-hybridized carbons (Fsp3) is 0.0606. The number of halogens is 3. The Labute approximate surface area is 285 Å². The summed E-state index contributed by atoms with van der Waals surface area (Å²) in [5.41, 5.74) is 3.11. The summed E-state index contributed by atoms with van der Waals surface area (Å²) >= 11 is 18.2. The number of carbonyl (C=O) groups excluding carboxylic acids is 2. The van der Waals surface area contributed by atoms with Crippen LogP contribution in [-0.4, -0.2) is 30.8 Å². The van der Waals surface area contributed by atoms with Gasteiger partial charge in [-0.2, -0.15) is 9.41 Å². The van der Waals surface area contributed by atoms with Gasteiger partial charge in [-0.05, 0) is 90.5 Å². The first-order chi connectivity index (χ1) is 22.6. The van der Waals surface area contributed by atoms with Gasteiger partial charge in [0.25, 0.3) is 0 Å². The van der Waals surface area contributed by atoms with Crippen molar-refractivity contribution in [1.82, 2.24) is 9.73 Å². The van der Waals surface area contributed by atoms with Gasteiger partial charge < -0.3 is 14.5 Å². The highest BCUT2D eigenvalue weighted by Crippen LogP contribution is 2.27. The van der Waals surface area contributed by atoms with Crippen LogP contribution in [0.2, 0.25) is 15.1 Å². The number of rotatable bonds is 11. The Hall–Kier alpha value is -4.65. The van der Waals surface area contributed by atoms with Crippen molar-refractivity contribution in [2.45, 2.75) is 18.0 Å². The maximum absolute atomic E-state index is 13.6. The molecule has 0 aliphatic rings. The predicted octanol–water partition coefficient (Wildman–Crippen LogP) is 7.51. The Balaban J connectivity index is 1.20. The van der Waals surface area contributed by atoms with E-state index in [9.17, 15) is 18.0 Å². The first-order valence-electron chi connectivity index (χ1n) is 13.8. The van der Waals surface area contributed by atoms with Gasteiger partial charge in [-0.25, -0.2) is 13.8 Å². The molecule has 0 atom stereocenters. The molecule has 10 nitrogen and oxygen atoms in total. The van der Waals surface area contributed by atoms with E-state index in [0.717, 1.165) is 0 Å². The number of sulfonamides is 1.